The van der Waals surface area contributed by atoms with E-state index in [1.807, 2.05) is 30.3 Å². The highest BCUT2D eigenvalue weighted by molar-refractivity contribution is 8.01. The predicted octanol–water partition coefficient (Wildman–Crippen LogP) is 4.51. The van der Waals surface area contributed by atoms with Gasteiger partial charge in [0, 0.05) is 6.42 Å². The van der Waals surface area contributed by atoms with Crippen LogP contribution in [0.15, 0.2) is 45.4 Å². The molecule has 1 aliphatic heterocycles. The van der Waals surface area contributed by atoms with Gasteiger partial charge in [-0.2, -0.15) is 0 Å². The lowest BCUT2D eigenvalue weighted by Gasteiger charge is -2.23. The second kappa shape index (κ2) is 10.7. The van der Waals surface area contributed by atoms with Crippen molar-refractivity contribution in [2.45, 2.75) is 37.2 Å². The van der Waals surface area contributed by atoms with Gasteiger partial charge in [0.05, 0.1) is 37.8 Å². The van der Waals surface area contributed by atoms with Crippen molar-refractivity contribution in [1.29, 1.82) is 0 Å². The van der Waals surface area contributed by atoms with Gasteiger partial charge in [-0.15, -0.1) is 10.2 Å². The standard InChI is InChI=1S/C22H26N4O4S2/c1-14(2)20(15-6-7-17-18(11-15)30-10-4-9-29-17)24-19(27)13-31-22-26-25-21(32-22)23-12-16-5-3-8-28-16/h3,5-8,11,14,20H,4,9-10,12-13H2,1-2H3,(H,23,25)(H,24,27)/t20-/m1/s1. The molecule has 170 valence electrons. The van der Waals surface area contributed by atoms with Crippen molar-refractivity contribution in [1.82, 2.24) is 15.5 Å². The molecule has 4 rings (SSSR count). The van der Waals surface area contributed by atoms with Gasteiger partial charge in [-0.1, -0.05) is 43.0 Å². The van der Waals surface area contributed by atoms with Gasteiger partial charge in [0.2, 0.25) is 11.0 Å². The van der Waals surface area contributed by atoms with Crippen molar-refractivity contribution < 1.29 is 18.7 Å². The first-order valence-corrected chi connectivity index (χ1v) is 12.3. The van der Waals surface area contributed by atoms with Gasteiger partial charge in [-0.25, -0.2) is 0 Å². The molecule has 2 N–H and O–H groups in total. The third-order valence-electron chi connectivity index (χ3n) is 4.84. The molecule has 0 spiro atoms. The van der Waals surface area contributed by atoms with Crippen LogP contribution < -0.4 is 20.1 Å². The molecule has 3 heterocycles. The zero-order chi connectivity index (χ0) is 22.3. The van der Waals surface area contributed by atoms with Crippen molar-refractivity contribution in [2.24, 2.45) is 5.92 Å². The molecule has 0 bridgehead atoms. The maximum absolute atomic E-state index is 12.7. The molecule has 2 aromatic heterocycles. The van der Waals surface area contributed by atoms with Crippen molar-refractivity contribution >= 4 is 34.1 Å². The molecule has 0 unspecified atom stereocenters. The molecule has 1 amide bonds. The summed E-state index contributed by atoms with van der Waals surface area (Å²) in [5, 5.41) is 15.3. The van der Waals surface area contributed by atoms with E-state index in [1.165, 1.54) is 23.1 Å². The van der Waals surface area contributed by atoms with E-state index in [0.717, 1.165) is 33.6 Å². The maximum atomic E-state index is 12.7. The van der Waals surface area contributed by atoms with Crippen LogP contribution in [0.25, 0.3) is 0 Å². The number of nitrogens with zero attached hydrogens (tertiary/aromatic N) is 2. The Kier molecular flexibility index (Phi) is 7.54. The normalized spacial score (nSPS) is 14.1. The number of aromatic nitrogens is 2. The molecule has 32 heavy (non-hydrogen) atoms. The average molecular weight is 475 g/mol. The third kappa shape index (κ3) is 5.95. The fraction of sp³-hybridized carbons (Fsp3) is 0.409. The topological polar surface area (TPSA) is 98.5 Å². The van der Waals surface area contributed by atoms with E-state index >= 15 is 0 Å². The molecule has 0 aliphatic carbocycles. The van der Waals surface area contributed by atoms with E-state index in [0.29, 0.717) is 24.9 Å². The molecule has 8 nitrogen and oxygen atoms in total. The van der Waals surface area contributed by atoms with Crippen molar-refractivity contribution in [2.75, 3.05) is 24.3 Å². The number of nitrogens with one attached hydrogen (secondary N) is 2. The second-order valence-electron chi connectivity index (χ2n) is 7.64. The van der Waals surface area contributed by atoms with Crippen LogP contribution in [-0.4, -0.2) is 35.1 Å². The first-order valence-electron chi connectivity index (χ1n) is 10.5. The Morgan fingerprint density at radius 1 is 1.19 bits per heavy atom. The monoisotopic (exact) mass is 474 g/mol. The number of rotatable bonds is 9. The van der Waals surface area contributed by atoms with Crippen LogP contribution in [0, 0.1) is 5.92 Å². The molecule has 0 radical (unpaired) electrons. The molecule has 0 saturated carbocycles. The summed E-state index contributed by atoms with van der Waals surface area (Å²) >= 11 is 2.79. The highest BCUT2D eigenvalue weighted by Gasteiger charge is 2.21. The zero-order valence-corrected chi connectivity index (χ0v) is 19.6. The molecule has 1 aliphatic rings. The Balaban J connectivity index is 1.31. The number of anilines is 1. The second-order valence-corrected chi connectivity index (χ2v) is 9.84. The Morgan fingerprint density at radius 3 is 2.81 bits per heavy atom. The van der Waals surface area contributed by atoms with Crippen LogP contribution in [0.3, 0.4) is 0 Å². The number of carbonyl (C=O) groups excluding carboxylic acids is 1. The van der Waals surface area contributed by atoms with Gasteiger partial charge in [0.15, 0.2) is 15.8 Å². The molecular formula is C22H26N4O4S2. The Labute approximate surface area is 195 Å². The molecule has 1 atom stereocenters. The number of amides is 1. The number of ether oxygens (including phenoxy) is 2. The summed E-state index contributed by atoms with van der Waals surface area (Å²) in [5.41, 5.74) is 1.00. The van der Waals surface area contributed by atoms with Crippen molar-refractivity contribution in [3.05, 3.63) is 47.9 Å². The lowest BCUT2D eigenvalue weighted by molar-refractivity contribution is -0.119. The predicted molar refractivity (Wildman–Crippen MR) is 124 cm³/mol. The van der Waals surface area contributed by atoms with Crippen LogP contribution in [0.2, 0.25) is 0 Å². The number of hydrogen-bond donors (Lipinski definition) is 2. The number of benzene rings is 1. The first-order chi connectivity index (χ1) is 15.6. The van der Waals surface area contributed by atoms with Crippen LogP contribution in [0.1, 0.15) is 37.6 Å². The molecule has 0 saturated heterocycles. The average Bonchev–Trinajstić information content (AvgIpc) is 3.41. The van der Waals surface area contributed by atoms with Gasteiger partial charge >= 0.3 is 0 Å². The summed E-state index contributed by atoms with van der Waals surface area (Å²) in [6.45, 7) is 6.00. The molecule has 10 heteroatoms. The smallest absolute Gasteiger partial charge is 0.230 e. The fourth-order valence-electron chi connectivity index (χ4n) is 3.27. The highest BCUT2D eigenvalue weighted by Crippen LogP contribution is 2.34. The lowest BCUT2D eigenvalue weighted by atomic mass is 9.95. The summed E-state index contributed by atoms with van der Waals surface area (Å²) in [6, 6.07) is 9.49. The van der Waals surface area contributed by atoms with Crippen LogP contribution in [0.4, 0.5) is 5.13 Å². The largest absolute Gasteiger partial charge is 0.490 e. The fourth-order valence-corrected chi connectivity index (χ4v) is 4.82. The Morgan fingerprint density at radius 2 is 2.03 bits per heavy atom. The lowest BCUT2D eigenvalue weighted by Crippen LogP contribution is -2.33. The van der Waals surface area contributed by atoms with Crippen molar-refractivity contribution in [3.8, 4) is 11.5 Å². The summed E-state index contributed by atoms with van der Waals surface area (Å²) in [7, 11) is 0. The van der Waals surface area contributed by atoms with E-state index in [-0.39, 0.29) is 23.6 Å². The minimum absolute atomic E-state index is 0.0545. The van der Waals surface area contributed by atoms with E-state index in [2.05, 4.69) is 34.7 Å². The van der Waals surface area contributed by atoms with Crippen LogP contribution in [-0.2, 0) is 11.3 Å². The first kappa shape index (κ1) is 22.5. The molecule has 0 fully saturated rings. The van der Waals surface area contributed by atoms with Gasteiger partial charge < -0.3 is 24.5 Å². The van der Waals surface area contributed by atoms with Crippen LogP contribution >= 0.6 is 23.1 Å². The number of furan rings is 1. The maximum Gasteiger partial charge on any atom is 0.230 e. The highest BCUT2D eigenvalue weighted by atomic mass is 32.2. The van der Waals surface area contributed by atoms with E-state index < -0.39 is 0 Å². The Hall–Kier alpha value is -2.72. The van der Waals surface area contributed by atoms with E-state index in [9.17, 15) is 4.79 Å². The number of fused-ring (bicyclic) bond motifs is 1. The van der Waals surface area contributed by atoms with E-state index in [1.54, 1.807) is 6.26 Å². The summed E-state index contributed by atoms with van der Waals surface area (Å²) in [4.78, 5) is 12.7. The number of carbonyl (C=O) groups is 1. The molecule has 1 aromatic carbocycles. The summed E-state index contributed by atoms with van der Waals surface area (Å²) in [6.07, 6.45) is 2.49. The minimum Gasteiger partial charge on any atom is -0.490 e. The van der Waals surface area contributed by atoms with Gasteiger partial charge in [-0.3, -0.25) is 4.79 Å². The van der Waals surface area contributed by atoms with Crippen LogP contribution in [0.5, 0.6) is 11.5 Å². The molecular weight excluding hydrogens is 448 g/mol. The SMILES string of the molecule is CC(C)[C@@H](NC(=O)CSc1nnc(NCc2ccco2)s1)c1ccc2c(c1)OCCCO2. The van der Waals surface area contributed by atoms with Gasteiger partial charge in [0.25, 0.3) is 0 Å². The molecule has 3 aromatic rings. The van der Waals surface area contributed by atoms with Crippen molar-refractivity contribution in [3.63, 3.8) is 0 Å². The van der Waals surface area contributed by atoms with Gasteiger partial charge in [-0.05, 0) is 35.7 Å². The van der Waals surface area contributed by atoms with E-state index in [4.69, 9.17) is 13.9 Å². The summed E-state index contributed by atoms with van der Waals surface area (Å²) < 4.78 is 17.5. The zero-order valence-electron chi connectivity index (χ0n) is 18.0. The summed E-state index contributed by atoms with van der Waals surface area (Å²) in [5.74, 6) is 2.73. The quantitative estimate of drug-likeness (QED) is 0.437. The number of thioether (sulfide) groups is 1. The Bertz CT molecular complexity index is 1020. The van der Waals surface area contributed by atoms with Gasteiger partial charge in [0.1, 0.15) is 5.76 Å². The third-order valence-corrected chi connectivity index (χ3v) is 6.86. The number of hydrogen-bond acceptors (Lipinski definition) is 9. The minimum atomic E-state index is -0.125.